The van der Waals surface area contributed by atoms with Crippen LogP contribution in [0.4, 0.5) is 11.4 Å². The fraction of sp³-hybridized carbons (Fsp3) is 0.111. The predicted molar refractivity (Wildman–Crippen MR) is 62.4 cm³/mol. The number of nitrogens with zero attached hydrogens (tertiary/aromatic N) is 2. The summed E-state index contributed by atoms with van der Waals surface area (Å²) in [5.41, 5.74) is 0.129. The molecule has 0 spiro atoms. The molecule has 9 heteroatoms. The van der Waals surface area contributed by atoms with Gasteiger partial charge in [-0.2, -0.15) is 8.42 Å². The minimum atomic E-state index is -4.01. The molecule has 0 fully saturated rings. The molecule has 1 aromatic rings. The van der Waals surface area contributed by atoms with E-state index in [9.17, 15) is 18.1 Å². The van der Waals surface area contributed by atoms with Crippen LogP contribution in [-0.4, -0.2) is 25.3 Å². The minimum Gasteiger partial charge on any atom is -0.481 e. The fourth-order valence-corrected chi connectivity index (χ4v) is 2.64. The van der Waals surface area contributed by atoms with Gasteiger partial charge in [0.1, 0.15) is 22.8 Å². The molecular formula is C9H7N3O5S. The number of sulfonamides is 1. The van der Waals surface area contributed by atoms with E-state index in [1.165, 1.54) is 12.1 Å². The first-order valence-corrected chi connectivity index (χ1v) is 6.16. The summed E-state index contributed by atoms with van der Waals surface area (Å²) in [5, 5.41) is 13.8. The van der Waals surface area contributed by atoms with E-state index < -0.39 is 22.4 Å². The Hall–Kier alpha value is -2.29. The van der Waals surface area contributed by atoms with Crippen molar-refractivity contribution >= 4 is 33.2 Å². The lowest BCUT2D eigenvalue weighted by Gasteiger charge is -2.17. The number of anilines is 1. The number of rotatable bonds is 3. The minimum absolute atomic E-state index is 0.0454. The molecule has 0 aromatic heterocycles. The van der Waals surface area contributed by atoms with E-state index in [4.69, 9.17) is 5.11 Å². The second-order valence-electron chi connectivity index (χ2n) is 3.48. The first-order valence-electron chi connectivity index (χ1n) is 4.72. The summed E-state index contributed by atoms with van der Waals surface area (Å²) in [6.45, 7) is 0. The van der Waals surface area contributed by atoms with E-state index in [1.807, 2.05) is 0 Å². The van der Waals surface area contributed by atoms with Gasteiger partial charge in [0.15, 0.2) is 0 Å². The van der Waals surface area contributed by atoms with E-state index >= 15 is 0 Å². The zero-order valence-electron chi connectivity index (χ0n) is 8.82. The second-order valence-corrected chi connectivity index (χ2v) is 5.05. The highest BCUT2D eigenvalue weighted by Crippen LogP contribution is 2.31. The number of aliphatic carboxylic acids is 1. The Bertz CT molecular complexity index is 665. The average molecular weight is 269 g/mol. The summed E-state index contributed by atoms with van der Waals surface area (Å²) in [6.07, 6.45) is -0.535. The van der Waals surface area contributed by atoms with Gasteiger partial charge in [-0.3, -0.25) is 4.79 Å². The third kappa shape index (κ3) is 2.20. The van der Waals surface area contributed by atoms with Crippen LogP contribution in [0.3, 0.4) is 0 Å². The number of carboxylic acid groups (broad SMARTS) is 1. The maximum Gasteiger partial charge on any atom is 0.311 e. The number of hydrogen-bond acceptors (Lipinski definition) is 6. The first kappa shape index (κ1) is 12.2. The maximum atomic E-state index is 11.8. The van der Waals surface area contributed by atoms with E-state index in [0.717, 1.165) is 6.07 Å². The molecule has 0 radical (unpaired) electrons. The molecule has 94 valence electrons. The summed E-state index contributed by atoms with van der Waals surface area (Å²) < 4.78 is 26.9. The number of carboxylic acids is 1. The van der Waals surface area contributed by atoms with Crippen LogP contribution in [0.2, 0.25) is 0 Å². The van der Waals surface area contributed by atoms with Crippen molar-refractivity contribution < 1.29 is 18.3 Å². The molecule has 0 atom stereocenters. The summed E-state index contributed by atoms with van der Waals surface area (Å²) in [4.78, 5) is 20.7. The topological polar surface area (TPSA) is 125 Å². The highest BCUT2D eigenvalue weighted by Gasteiger charge is 2.26. The van der Waals surface area contributed by atoms with Gasteiger partial charge in [0.25, 0.3) is 10.0 Å². The van der Waals surface area contributed by atoms with Crippen LogP contribution in [-0.2, 0) is 14.8 Å². The number of hydrogen-bond donors (Lipinski definition) is 2. The average Bonchev–Trinajstić information content (AvgIpc) is 2.27. The van der Waals surface area contributed by atoms with E-state index in [1.54, 1.807) is 0 Å². The number of nitrogens with one attached hydrogen (secondary N) is 1. The van der Waals surface area contributed by atoms with Gasteiger partial charge in [-0.25, -0.2) is 0 Å². The van der Waals surface area contributed by atoms with Crippen LogP contribution in [0.1, 0.15) is 6.42 Å². The van der Waals surface area contributed by atoms with Crippen LogP contribution < -0.4 is 5.32 Å². The molecule has 1 heterocycles. The predicted octanol–water partition coefficient (Wildman–Crippen LogP) is 1.07. The maximum absolute atomic E-state index is 11.8. The van der Waals surface area contributed by atoms with Crippen molar-refractivity contribution in [1.82, 2.24) is 0 Å². The molecule has 0 saturated carbocycles. The van der Waals surface area contributed by atoms with Crippen LogP contribution in [0.25, 0.3) is 0 Å². The SMILES string of the molecule is O=Nc1ccc2c(c1)S(=O)(=O)N=C(CC(=O)O)N2. The molecule has 0 saturated heterocycles. The summed E-state index contributed by atoms with van der Waals surface area (Å²) in [5.74, 6) is -1.38. The van der Waals surface area contributed by atoms with Gasteiger partial charge < -0.3 is 10.4 Å². The fourth-order valence-electron chi connectivity index (χ4n) is 1.48. The highest BCUT2D eigenvalue weighted by molar-refractivity contribution is 7.90. The van der Waals surface area contributed by atoms with E-state index in [0.29, 0.717) is 0 Å². The molecule has 2 rings (SSSR count). The van der Waals surface area contributed by atoms with Crippen LogP contribution in [0.5, 0.6) is 0 Å². The Balaban J connectivity index is 2.51. The Morgan fingerprint density at radius 1 is 1.44 bits per heavy atom. The van der Waals surface area contributed by atoms with Crippen LogP contribution >= 0.6 is 0 Å². The lowest BCUT2D eigenvalue weighted by atomic mass is 10.2. The van der Waals surface area contributed by atoms with Gasteiger partial charge in [-0.15, -0.1) is 9.30 Å². The van der Waals surface area contributed by atoms with E-state index in [-0.39, 0.29) is 22.1 Å². The van der Waals surface area contributed by atoms with Crippen molar-refractivity contribution in [3.8, 4) is 0 Å². The van der Waals surface area contributed by atoms with Crippen molar-refractivity contribution in [2.75, 3.05) is 5.32 Å². The van der Waals surface area contributed by atoms with Crippen LogP contribution in [0, 0.1) is 4.91 Å². The molecule has 1 aliphatic heterocycles. The highest BCUT2D eigenvalue weighted by atomic mass is 32.2. The quantitative estimate of drug-likeness (QED) is 0.790. The van der Waals surface area contributed by atoms with Gasteiger partial charge in [0, 0.05) is 0 Å². The van der Waals surface area contributed by atoms with Crippen LogP contribution in [0.15, 0.2) is 32.7 Å². The molecule has 18 heavy (non-hydrogen) atoms. The number of fused-ring (bicyclic) bond motifs is 1. The molecular weight excluding hydrogens is 262 g/mol. The number of nitroso groups, excluding NO2 is 1. The Labute approximate surface area is 101 Å². The molecule has 8 nitrogen and oxygen atoms in total. The molecule has 1 aromatic carbocycles. The number of carbonyl (C=O) groups is 1. The Morgan fingerprint density at radius 2 is 2.17 bits per heavy atom. The van der Waals surface area contributed by atoms with Crippen molar-refractivity contribution in [2.24, 2.45) is 9.57 Å². The van der Waals surface area contributed by atoms with Gasteiger partial charge >= 0.3 is 5.97 Å². The summed E-state index contributed by atoms with van der Waals surface area (Å²) in [7, 11) is -4.01. The van der Waals surface area contributed by atoms with Crippen molar-refractivity contribution in [3.63, 3.8) is 0 Å². The zero-order valence-corrected chi connectivity index (χ0v) is 9.64. The number of amidine groups is 1. The van der Waals surface area contributed by atoms with Gasteiger partial charge in [-0.1, -0.05) is 0 Å². The Kier molecular flexibility index (Phi) is 2.83. The van der Waals surface area contributed by atoms with Gasteiger partial charge in [0.2, 0.25) is 0 Å². The standard InChI is InChI=1S/C9H7N3O5S/c13-9(14)4-8-10-6-2-1-5(11-15)3-7(6)18(16,17)12-8/h1-3H,4H2,(H,10,12)(H,13,14). The smallest absolute Gasteiger partial charge is 0.311 e. The molecule has 0 amide bonds. The molecule has 0 bridgehead atoms. The molecule has 1 aliphatic rings. The molecule has 2 N–H and O–H groups in total. The summed E-state index contributed by atoms with van der Waals surface area (Å²) >= 11 is 0. The monoisotopic (exact) mass is 269 g/mol. The third-order valence-electron chi connectivity index (χ3n) is 2.18. The van der Waals surface area contributed by atoms with Gasteiger partial charge in [0.05, 0.1) is 5.69 Å². The van der Waals surface area contributed by atoms with Crippen molar-refractivity contribution in [2.45, 2.75) is 11.3 Å². The first-order chi connectivity index (χ1) is 8.42. The summed E-state index contributed by atoms with van der Waals surface area (Å²) in [6, 6.07) is 3.73. The largest absolute Gasteiger partial charge is 0.481 e. The lowest BCUT2D eigenvalue weighted by Crippen LogP contribution is -2.23. The third-order valence-corrected chi connectivity index (χ3v) is 3.53. The normalized spacial score (nSPS) is 16.1. The Morgan fingerprint density at radius 3 is 2.78 bits per heavy atom. The van der Waals surface area contributed by atoms with Crippen molar-refractivity contribution in [1.29, 1.82) is 0 Å². The van der Waals surface area contributed by atoms with Gasteiger partial charge in [-0.05, 0) is 23.4 Å². The second kappa shape index (κ2) is 4.18. The lowest BCUT2D eigenvalue weighted by molar-refractivity contribution is -0.135. The van der Waals surface area contributed by atoms with E-state index in [2.05, 4.69) is 14.9 Å². The zero-order chi connectivity index (χ0) is 13.3. The van der Waals surface area contributed by atoms with Crippen molar-refractivity contribution in [3.05, 3.63) is 23.1 Å². The number of benzene rings is 1. The molecule has 0 unspecified atom stereocenters. The molecule has 0 aliphatic carbocycles.